The predicted molar refractivity (Wildman–Crippen MR) is 67.2 cm³/mol. The van der Waals surface area contributed by atoms with Gasteiger partial charge in [-0.3, -0.25) is 4.98 Å². The Hall–Kier alpha value is -1.77. The predicted octanol–water partition coefficient (Wildman–Crippen LogP) is 2.98. The molecule has 0 unspecified atom stereocenters. The molecule has 3 heteroatoms. The highest BCUT2D eigenvalue weighted by atomic mass is 16.5. The molecule has 1 heterocycles. The number of anilines is 1. The Labute approximate surface area is 95.5 Å². The van der Waals surface area contributed by atoms with E-state index in [4.69, 9.17) is 4.74 Å². The molecule has 0 spiro atoms. The summed E-state index contributed by atoms with van der Waals surface area (Å²) in [5.41, 5.74) is 3.24. The van der Waals surface area contributed by atoms with E-state index in [1.807, 2.05) is 18.3 Å². The van der Waals surface area contributed by atoms with Crippen LogP contribution in [-0.2, 0) is 0 Å². The second-order valence-corrected chi connectivity index (χ2v) is 3.70. The van der Waals surface area contributed by atoms with Gasteiger partial charge >= 0.3 is 0 Å². The quantitative estimate of drug-likeness (QED) is 0.856. The first-order valence-electron chi connectivity index (χ1n) is 5.44. The SMILES string of the molecule is CCNc1ccnc2c(OC)ccc(C)c12. The lowest BCUT2D eigenvalue weighted by Gasteiger charge is -2.12. The highest BCUT2D eigenvalue weighted by Crippen LogP contribution is 2.31. The van der Waals surface area contributed by atoms with Crippen molar-refractivity contribution in [3.8, 4) is 5.75 Å². The molecule has 0 aliphatic rings. The Morgan fingerprint density at radius 3 is 2.81 bits per heavy atom. The van der Waals surface area contributed by atoms with Crippen LogP contribution in [0.4, 0.5) is 5.69 Å². The Bertz CT molecular complexity index is 509. The van der Waals surface area contributed by atoms with Gasteiger partial charge in [0.1, 0.15) is 11.3 Å². The Kier molecular flexibility index (Phi) is 2.95. The van der Waals surface area contributed by atoms with Crippen molar-refractivity contribution in [1.29, 1.82) is 0 Å². The number of benzene rings is 1. The molecule has 0 saturated heterocycles. The number of fused-ring (bicyclic) bond motifs is 1. The number of ether oxygens (including phenoxy) is 1. The number of aromatic nitrogens is 1. The van der Waals surface area contributed by atoms with Crippen molar-refractivity contribution in [2.24, 2.45) is 0 Å². The van der Waals surface area contributed by atoms with Crippen molar-refractivity contribution < 1.29 is 4.74 Å². The van der Waals surface area contributed by atoms with Crippen molar-refractivity contribution >= 4 is 16.6 Å². The molecule has 2 rings (SSSR count). The van der Waals surface area contributed by atoms with E-state index in [9.17, 15) is 0 Å². The van der Waals surface area contributed by atoms with Crippen molar-refractivity contribution in [1.82, 2.24) is 4.98 Å². The fraction of sp³-hybridized carbons (Fsp3) is 0.308. The minimum atomic E-state index is 0.820. The normalized spacial score (nSPS) is 10.4. The molecule has 0 radical (unpaired) electrons. The van der Waals surface area contributed by atoms with Crippen molar-refractivity contribution in [2.45, 2.75) is 13.8 Å². The first-order valence-corrected chi connectivity index (χ1v) is 5.44. The zero-order valence-corrected chi connectivity index (χ0v) is 9.87. The summed E-state index contributed by atoms with van der Waals surface area (Å²) in [7, 11) is 1.67. The minimum absolute atomic E-state index is 0.820. The van der Waals surface area contributed by atoms with Gasteiger partial charge in [-0.25, -0.2) is 0 Å². The third-order valence-electron chi connectivity index (χ3n) is 2.65. The maximum atomic E-state index is 5.33. The molecule has 3 nitrogen and oxygen atoms in total. The summed E-state index contributed by atoms with van der Waals surface area (Å²) in [5, 5.41) is 4.49. The molecule has 1 N–H and O–H groups in total. The number of methoxy groups -OCH3 is 1. The monoisotopic (exact) mass is 216 g/mol. The number of aryl methyl sites for hydroxylation is 1. The molecule has 2 aromatic rings. The van der Waals surface area contributed by atoms with Crippen LogP contribution in [0.2, 0.25) is 0 Å². The first-order chi connectivity index (χ1) is 7.77. The average molecular weight is 216 g/mol. The van der Waals surface area contributed by atoms with Crippen molar-refractivity contribution in [2.75, 3.05) is 19.0 Å². The second-order valence-electron chi connectivity index (χ2n) is 3.70. The minimum Gasteiger partial charge on any atom is -0.494 e. The molecule has 0 atom stereocenters. The third-order valence-corrected chi connectivity index (χ3v) is 2.65. The average Bonchev–Trinajstić information content (AvgIpc) is 2.30. The summed E-state index contributed by atoms with van der Waals surface area (Å²) >= 11 is 0. The number of hydrogen-bond donors (Lipinski definition) is 1. The molecule has 84 valence electrons. The van der Waals surface area contributed by atoms with E-state index in [2.05, 4.69) is 30.2 Å². The van der Waals surface area contributed by atoms with Gasteiger partial charge in [0.05, 0.1) is 7.11 Å². The van der Waals surface area contributed by atoms with Crippen LogP contribution in [0.25, 0.3) is 10.9 Å². The van der Waals surface area contributed by atoms with Crippen LogP contribution in [0.1, 0.15) is 12.5 Å². The zero-order chi connectivity index (χ0) is 11.5. The summed E-state index contributed by atoms with van der Waals surface area (Å²) in [6.07, 6.45) is 1.81. The van der Waals surface area contributed by atoms with Gasteiger partial charge in [-0.05, 0) is 31.5 Å². The molecule has 0 saturated carbocycles. The van der Waals surface area contributed by atoms with Crippen molar-refractivity contribution in [3.05, 3.63) is 30.0 Å². The van der Waals surface area contributed by atoms with Crippen LogP contribution >= 0.6 is 0 Å². The fourth-order valence-electron chi connectivity index (χ4n) is 1.91. The Morgan fingerprint density at radius 2 is 2.12 bits per heavy atom. The largest absolute Gasteiger partial charge is 0.494 e. The van der Waals surface area contributed by atoms with Crippen LogP contribution in [-0.4, -0.2) is 18.6 Å². The van der Waals surface area contributed by atoms with Gasteiger partial charge in [-0.1, -0.05) is 6.07 Å². The fourth-order valence-corrected chi connectivity index (χ4v) is 1.91. The molecule has 0 aliphatic heterocycles. The van der Waals surface area contributed by atoms with E-state index >= 15 is 0 Å². The topological polar surface area (TPSA) is 34.2 Å². The van der Waals surface area contributed by atoms with E-state index in [1.54, 1.807) is 7.11 Å². The second kappa shape index (κ2) is 4.39. The maximum Gasteiger partial charge on any atom is 0.145 e. The highest BCUT2D eigenvalue weighted by molar-refractivity contribution is 5.97. The molecular weight excluding hydrogens is 200 g/mol. The summed E-state index contributed by atoms with van der Waals surface area (Å²) in [6, 6.07) is 6.02. The molecule has 1 aromatic carbocycles. The number of hydrogen-bond acceptors (Lipinski definition) is 3. The van der Waals surface area contributed by atoms with Crippen molar-refractivity contribution in [3.63, 3.8) is 0 Å². The standard InChI is InChI=1S/C13H16N2O/c1-4-14-10-7-8-15-13-11(16-3)6-5-9(2)12(10)13/h5-8H,4H2,1-3H3,(H,14,15). The molecule has 0 aliphatic carbocycles. The Morgan fingerprint density at radius 1 is 1.31 bits per heavy atom. The third kappa shape index (κ3) is 1.69. The van der Waals surface area contributed by atoms with Gasteiger partial charge in [-0.15, -0.1) is 0 Å². The lowest BCUT2D eigenvalue weighted by atomic mass is 10.1. The number of rotatable bonds is 3. The van der Waals surface area contributed by atoms with E-state index in [-0.39, 0.29) is 0 Å². The van der Waals surface area contributed by atoms with Crippen LogP contribution in [0.15, 0.2) is 24.4 Å². The van der Waals surface area contributed by atoms with Crippen LogP contribution in [0.3, 0.4) is 0 Å². The number of nitrogens with zero attached hydrogens (tertiary/aromatic N) is 1. The summed E-state index contributed by atoms with van der Waals surface area (Å²) < 4.78 is 5.33. The van der Waals surface area contributed by atoms with Crippen LogP contribution in [0, 0.1) is 6.92 Å². The van der Waals surface area contributed by atoms with Gasteiger partial charge in [0, 0.05) is 23.8 Å². The molecule has 0 bridgehead atoms. The van der Waals surface area contributed by atoms with Crippen LogP contribution in [0.5, 0.6) is 5.75 Å². The zero-order valence-electron chi connectivity index (χ0n) is 9.87. The summed E-state index contributed by atoms with van der Waals surface area (Å²) in [4.78, 5) is 4.39. The number of nitrogens with one attached hydrogen (secondary N) is 1. The molecular formula is C13H16N2O. The molecule has 1 aromatic heterocycles. The highest BCUT2D eigenvalue weighted by Gasteiger charge is 2.08. The molecule has 16 heavy (non-hydrogen) atoms. The van der Waals surface area contributed by atoms with Gasteiger partial charge in [0.25, 0.3) is 0 Å². The summed E-state index contributed by atoms with van der Waals surface area (Å²) in [6.45, 7) is 5.07. The van der Waals surface area contributed by atoms with Crippen LogP contribution < -0.4 is 10.1 Å². The first kappa shape index (κ1) is 10.7. The summed E-state index contributed by atoms with van der Waals surface area (Å²) in [5.74, 6) is 0.820. The molecule has 0 amide bonds. The smallest absolute Gasteiger partial charge is 0.145 e. The van der Waals surface area contributed by atoms with E-state index in [0.29, 0.717) is 0 Å². The molecule has 0 fully saturated rings. The van der Waals surface area contributed by atoms with E-state index in [0.717, 1.165) is 28.9 Å². The lowest BCUT2D eigenvalue weighted by molar-refractivity contribution is 0.419. The van der Waals surface area contributed by atoms with Gasteiger partial charge < -0.3 is 10.1 Å². The van der Waals surface area contributed by atoms with Gasteiger partial charge in [-0.2, -0.15) is 0 Å². The van der Waals surface area contributed by atoms with Gasteiger partial charge in [0.2, 0.25) is 0 Å². The lowest BCUT2D eigenvalue weighted by Crippen LogP contribution is -1.99. The van der Waals surface area contributed by atoms with E-state index in [1.165, 1.54) is 5.56 Å². The van der Waals surface area contributed by atoms with E-state index < -0.39 is 0 Å². The Balaban J connectivity index is 2.75. The van der Waals surface area contributed by atoms with Gasteiger partial charge in [0.15, 0.2) is 0 Å². The number of pyridine rings is 1. The maximum absolute atomic E-state index is 5.33.